The Labute approximate surface area is 141 Å². The highest BCUT2D eigenvalue weighted by Crippen LogP contribution is 2.63. The van der Waals surface area contributed by atoms with Crippen LogP contribution in [0.3, 0.4) is 0 Å². The minimum atomic E-state index is -8.56. The molecule has 0 spiro atoms. The summed E-state index contributed by atoms with van der Waals surface area (Å²) in [5.74, 6) is -56.1. The largest absolute Gasteiger partial charge is 0.478 e. The van der Waals surface area contributed by atoms with Gasteiger partial charge in [0.25, 0.3) is 0 Å². The molecule has 0 heterocycles. The second-order valence-corrected chi connectivity index (χ2v) is 4.77. The zero-order valence-corrected chi connectivity index (χ0v) is 12.0. The average molecular weight is 458 g/mol. The van der Waals surface area contributed by atoms with E-state index in [1.54, 1.807) is 0 Å². The maximum Gasteiger partial charge on any atom is 0.460 e. The van der Waals surface area contributed by atoms with Crippen molar-refractivity contribution in [1.29, 1.82) is 0 Å². The third-order valence-electron chi connectivity index (χ3n) is 2.88. The number of halogens is 16. The molecule has 0 bridgehead atoms. The van der Waals surface area contributed by atoms with Crippen molar-refractivity contribution in [3.8, 4) is 0 Å². The maximum absolute atomic E-state index is 13.1. The van der Waals surface area contributed by atoms with Crippen molar-refractivity contribution in [2.75, 3.05) is 0 Å². The number of hydrogen-bond acceptors (Lipinski definition) is 1. The molecule has 0 aliphatic heterocycles. The monoisotopic (exact) mass is 458 g/mol. The second-order valence-electron chi connectivity index (χ2n) is 4.77. The van der Waals surface area contributed by atoms with E-state index < -0.39 is 59.6 Å². The van der Waals surface area contributed by atoms with Crippen molar-refractivity contribution in [2.45, 2.75) is 41.7 Å². The molecule has 0 aliphatic carbocycles. The minimum Gasteiger partial charge on any atom is -0.478 e. The number of carboxylic acid groups (broad SMARTS) is 1. The van der Waals surface area contributed by atoms with E-state index in [2.05, 4.69) is 0 Å². The molecule has 0 aromatic rings. The van der Waals surface area contributed by atoms with Gasteiger partial charge in [0.05, 0.1) is 6.08 Å². The number of carboxylic acids is 1. The molecule has 0 rings (SSSR count). The average Bonchev–Trinajstić information content (AvgIpc) is 2.43. The predicted molar refractivity (Wildman–Crippen MR) is 52.6 cm³/mol. The van der Waals surface area contributed by atoms with Crippen LogP contribution in [-0.4, -0.2) is 52.8 Å². The van der Waals surface area contributed by atoms with E-state index in [0.717, 1.165) is 0 Å². The van der Waals surface area contributed by atoms with Crippen LogP contribution in [0.15, 0.2) is 11.9 Å². The van der Waals surface area contributed by atoms with Crippen molar-refractivity contribution in [2.24, 2.45) is 0 Å². The van der Waals surface area contributed by atoms with Gasteiger partial charge in [0, 0.05) is 0 Å². The van der Waals surface area contributed by atoms with Gasteiger partial charge in [0.1, 0.15) is 0 Å². The highest BCUT2D eigenvalue weighted by Gasteiger charge is 2.93. The first-order chi connectivity index (χ1) is 11.8. The fourth-order valence-corrected chi connectivity index (χ4v) is 1.32. The van der Waals surface area contributed by atoms with Gasteiger partial charge < -0.3 is 5.11 Å². The van der Waals surface area contributed by atoms with E-state index in [9.17, 15) is 75.0 Å². The van der Waals surface area contributed by atoms with Gasteiger partial charge in [-0.2, -0.15) is 65.9 Å². The molecule has 0 aliphatic rings. The number of aliphatic carboxylic acids is 1. The fraction of sp³-hybridized carbons (Fsp3) is 0.700. The highest BCUT2D eigenvalue weighted by atomic mass is 19.4. The molecule has 0 aromatic heterocycles. The first-order valence-electron chi connectivity index (χ1n) is 5.78. The third-order valence-corrected chi connectivity index (χ3v) is 2.88. The van der Waals surface area contributed by atoms with Crippen LogP contribution in [0.2, 0.25) is 0 Å². The Balaban J connectivity index is 6.67. The van der Waals surface area contributed by atoms with Gasteiger partial charge in [-0.05, 0) is 0 Å². The Morgan fingerprint density at radius 1 is 0.571 bits per heavy atom. The Hall–Kier alpha value is -1.91. The quantitative estimate of drug-likeness (QED) is 0.416. The minimum absolute atomic E-state index is 1.61. The SMILES string of the molecule is O=C(O)/C=C(/F)C(F)(F)C(F)(F)C(F)(F)C(F)(F)C(F)(F)C(F)(F)C(F)(F)F. The Kier molecular flexibility index (Phi) is 6.12. The number of rotatable bonds is 7. The van der Waals surface area contributed by atoms with Crippen LogP contribution in [-0.2, 0) is 4.79 Å². The molecule has 1 N–H and O–H groups in total. The van der Waals surface area contributed by atoms with Crippen LogP contribution in [0.1, 0.15) is 0 Å². The van der Waals surface area contributed by atoms with E-state index >= 15 is 0 Å². The Morgan fingerprint density at radius 2 is 0.857 bits per heavy atom. The molecule has 0 amide bonds. The molecule has 0 fully saturated rings. The molecule has 0 saturated heterocycles. The zero-order chi connectivity index (χ0) is 23.4. The van der Waals surface area contributed by atoms with Gasteiger partial charge in [-0.25, -0.2) is 9.18 Å². The van der Waals surface area contributed by atoms with E-state index in [1.807, 2.05) is 0 Å². The predicted octanol–water partition coefficient (Wildman–Crippen LogP) is 5.30. The van der Waals surface area contributed by atoms with Crippen molar-refractivity contribution in [3.63, 3.8) is 0 Å². The van der Waals surface area contributed by atoms with Crippen LogP contribution >= 0.6 is 0 Å². The van der Waals surface area contributed by atoms with Gasteiger partial charge >= 0.3 is 47.7 Å². The summed E-state index contributed by atoms with van der Waals surface area (Å²) in [7, 11) is 0. The lowest BCUT2D eigenvalue weighted by atomic mass is 9.90. The van der Waals surface area contributed by atoms with E-state index in [0.29, 0.717) is 0 Å². The first kappa shape index (κ1) is 26.1. The van der Waals surface area contributed by atoms with Gasteiger partial charge in [-0.3, -0.25) is 0 Å². The summed E-state index contributed by atoms with van der Waals surface area (Å²) >= 11 is 0. The Morgan fingerprint density at radius 3 is 1.14 bits per heavy atom. The molecule has 166 valence electrons. The molecule has 0 unspecified atom stereocenters. The summed E-state index contributed by atoms with van der Waals surface area (Å²) in [5, 5.41) is 7.83. The number of hydrogen-bond donors (Lipinski definition) is 1. The van der Waals surface area contributed by atoms with Crippen LogP contribution in [0.4, 0.5) is 70.2 Å². The maximum atomic E-state index is 13.1. The lowest BCUT2D eigenvalue weighted by Crippen LogP contribution is -2.72. The molecule has 0 atom stereocenters. The lowest BCUT2D eigenvalue weighted by molar-refractivity contribution is -0.450. The zero-order valence-electron chi connectivity index (χ0n) is 12.0. The van der Waals surface area contributed by atoms with Crippen molar-refractivity contribution < 1.29 is 80.1 Å². The number of carbonyl (C=O) groups is 1. The normalized spacial score (nSPS) is 16.4. The molecular weight excluding hydrogens is 456 g/mol. The molecule has 2 nitrogen and oxygen atoms in total. The summed E-state index contributed by atoms with van der Waals surface area (Å²) in [6, 6.07) is 0. The fourth-order valence-electron chi connectivity index (χ4n) is 1.32. The van der Waals surface area contributed by atoms with Crippen molar-refractivity contribution in [3.05, 3.63) is 11.9 Å². The van der Waals surface area contributed by atoms with Crippen LogP contribution in [0, 0.1) is 0 Å². The summed E-state index contributed by atoms with van der Waals surface area (Å²) in [4.78, 5) is 9.86. The summed E-state index contributed by atoms with van der Waals surface area (Å²) < 4.78 is 203. The summed E-state index contributed by atoms with van der Waals surface area (Å²) in [5.41, 5.74) is 0. The van der Waals surface area contributed by atoms with Crippen LogP contribution in [0.25, 0.3) is 0 Å². The second kappa shape index (κ2) is 6.57. The standard InChI is InChI=1S/C10H2F16O2/c11-2(1-3(27)28)4(12,13)5(14,15)6(16,17)7(18,19)8(20,21)9(22,23)10(24,25)26/h1H,(H,27,28)/b2-1+. The summed E-state index contributed by atoms with van der Waals surface area (Å²) in [6.45, 7) is 0. The molecule has 0 aromatic carbocycles. The van der Waals surface area contributed by atoms with Gasteiger partial charge in [0.2, 0.25) is 0 Å². The van der Waals surface area contributed by atoms with Crippen LogP contribution < -0.4 is 0 Å². The lowest BCUT2D eigenvalue weighted by Gasteiger charge is -2.41. The topological polar surface area (TPSA) is 37.3 Å². The molecular formula is C10H2F16O2. The first-order valence-corrected chi connectivity index (χ1v) is 5.78. The third kappa shape index (κ3) is 3.33. The van der Waals surface area contributed by atoms with Crippen LogP contribution in [0.5, 0.6) is 0 Å². The van der Waals surface area contributed by atoms with E-state index in [4.69, 9.17) is 5.11 Å². The summed E-state index contributed by atoms with van der Waals surface area (Å²) in [6.07, 6.45) is -9.35. The van der Waals surface area contributed by atoms with Crippen molar-refractivity contribution >= 4 is 5.97 Å². The van der Waals surface area contributed by atoms with E-state index in [-0.39, 0.29) is 0 Å². The number of alkyl halides is 15. The highest BCUT2D eigenvalue weighted by molar-refractivity contribution is 5.80. The Bertz CT molecular complexity index is 642. The van der Waals surface area contributed by atoms with Crippen molar-refractivity contribution in [1.82, 2.24) is 0 Å². The molecule has 0 saturated carbocycles. The van der Waals surface area contributed by atoms with E-state index in [1.165, 1.54) is 0 Å². The molecule has 0 radical (unpaired) electrons. The van der Waals surface area contributed by atoms with Gasteiger partial charge in [-0.15, -0.1) is 0 Å². The van der Waals surface area contributed by atoms with Gasteiger partial charge in [0.15, 0.2) is 5.83 Å². The molecule has 18 heteroatoms. The number of allylic oxidation sites excluding steroid dienone is 1. The molecule has 28 heavy (non-hydrogen) atoms. The smallest absolute Gasteiger partial charge is 0.460 e. The van der Waals surface area contributed by atoms with Gasteiger partial charge in [-0.1, -0.05) is 0 Å².